The zero-order valence-corrected chi connectivity index (χ0v) is 5.29. The maximum atomic E-state index is 10.6. The molecule has 1 rings (SSSR count). The topological polar surface area (TPSA) is 81.4 Å². The molecule has 1 atom stereocenters. The van der Waals surface area contributed by atoms with E-state index in [4.69, 9.17) is 0 Å². The number of nitrogens with one attached hydrogen (secondary N) is 1. The standard InChI is InChI=1S/C5H8N2O3/c6-10-5(9)3-1-2-4(8)7-3/h3H,1-2,6H2,(H,7,8)/t3-/m0/s1. The third-order valence-corrected chi connectivity index (χ3v) is 1.40. The van der Waals surface area contributed by atoms with Crippen LogP contribution in [0.2, 0.25) is 0 Å². The summed E-state index contributed by atoms with van der Waals surface area (Å²) in [5, 5.41) is 2.41. The van der Waals surface area contributed by atoms with Crippen LogP contribution in [0.1, 0.15) is 12.8 Å². The molecule has 0 saturated carbocycles. The summed E-state index contributed by atoms with van der Waals surface area (Å²) >= 11 is 0. The maximum Gasteiger partial charge on any atom is 0.347 e. The largest absolute Gasteiger partial charge is 0.372 e. The summed E-state index contributed by atoms with van der Waals surface area (Å²) in [6, 6.07) is -0.530. The molecule has 0 unspecified atom stereocenters. The molecule has 1 fully saturated rings. The fraction of sp³-hybridized carbons (Fsp3) is 0.600. The Labute approximate surface area is 57.5 Å². The fourth-order valence-electron chi connectivity index (χ4n) is 0.873. The molecule has 0 bridgehead atoms. The van der Waals surface area contributed by atoms with Crippen molar-refractivity contribution in [2.75, 3.05) is 0 Å². The highest BCUT2D eigenvalue weighted by molar-refractivity contribution is 5.87. The molecule has 1 aliphatic rings. The highest BCUT2D eigenvalue weighted by atomic mass is 16.7. The Kier molecular flexibility index (Phi) is 1.86. The Bertz CT molecular complexity index is 168. The Morgan fingerprint density at radius 1 is 1.80 bits per heavy atom. The second-order valence-corrected chi connectivity index (χ2v) is 2.10. The minimum absolute atomic E-state index is 0.129. The molecule has 0 radical (unpaired) electrons. The Morgan fingerprint density at radius 3 is 2.90 bits per heavy atom. The van der Waals surface area contributed by atoms with Gasteiger partial charge in [0.2, 0.25) is 5.91 Å². The van der Waals surface area contributed by atoms with Crippen molar-refractivity contribution in [3.63, 3.8) is 0 Å². The number of hydrogen-bond donors (Lipinski definition) is 2. The molecule has 0 aromatic carbocycles. The van der Waals surface area contributed by atoms with Crippen LogP contribution < -0.4 is 11.2 Å². The van der Waals surface area contributed by atoms with Gasteiger partial charge in [0.05, 0.1) is 0 Å². The predicted molar refractivity (Wildman–Crippen MR) is 31.4 cm³/mol. The number of hydrogen-bond acceptors (Lipinski definition) is 4. The number of carbonyl (C=O) groups is 2. The summed E-state index contributed by atoms with van der Waals surface area (Å²) in [6.07, 6.45) is 0.856. The van der Waals surface area contributed by atoms with Gasteiger partial charge in [-0.1, -0.05) is 0 Å². The number of rotatable bonds is 1. The predicted octanol–water partition coefficient (Wildman–Crippen LogP) is -1.32. The summed E-state index contributed by atoms with van der Waals surface area (Å²) in [6.45, 7) is 0. The first kappa shape index (κ1) is 7.01. The van der Waals surface area contributed by atoms with Crippen molar-refractivity contribution >= 4 is 11.9 Å². The summed E-state index contributed by atoms with van der Waals surface area (Å²) in [5.41, 5.74) is 0. The monoisotopic (exact) mass is 144 g/mol. The van der Waals surface area contributed by atoms with E-state index in [-0.39, 0.29) is 5.91 Å². The Morgan fingerprint density at radius 2 is 2.50 bits per heavy atom. The lowest BCUT2D eigenvalue weighted by molar-refractivity contribution is -0.147. The van der Waals surface area contributed by atoms with E-state index in [1.54, 1.807) is 0 Å². The molecule has 10 heavy (non-hydrogen) atoms. The molecule has 1 amide bonds. The summed E-state index contributed by atoms with van der Waals surface area (Å²) in [4.78, 5) is 25.0. The summed E-state index contributed by atoms with van der Waals surface area (Å²) in [7, 11) is 0. The lowest BCUT2D eigenvalue weighted by atomic mass is 10.2. The van der Waals surface area contributed by atoms with Crippen LogP contribution in [0.25, 0.3) is 0 Å². The van der Waals surface area contributed by atoms with Crippen LogP contribution in [0.15, 0.2) is 0 Å². The van der Waals surface area contributed by atoms with E-state index in [1.807, 2.05) is 0 Å². The molecule has 1 aliphatic heterocycles. The molecule has 56 valence electrons. The minimum Gasteiger partial charge on any atom is -0.372 e. The van der Waals surface area contributed by atoms with E-state index >= 15 is 0 Å². The van der Waals surface area contributed by atoms with Crippen LogP contribution in [0.3, 0.4) is 0 Å². The summed E-state index contributed by atoms with van der Waals surface area (Å²) in [5.74, 6) is 3.89. The Hall–Kier alpha value is -1.10. The van der Waals surface area contributed by atoms with Crippen molar-refractivity contribution in [3.8, 4) is 0 Å². The lowest BCUT2D eigenvalue weighted by Gasteiger charge is -2.03. The molecule has 0 aliphatic carbocycles. The molecule has 1 saturated heterocycles. The van der Waals surface area contributed by atoms with E-state index in [9.17, 15) is 9.59 Å². The van der Waals surface area contributed by atoms with E-state index in [2.05, 4.69) is 16.1 Å². The van der Waals surface area contributed by atoms with Crippen molar-refractivity contribution in [2.24, 2.45) is 5.90 Å². The quantitative estimate of drug-likeness (QED) is 0.447. The molecular formula is C5H8N2O3. The molecule has 1 heterocycles. The van der Waals surface area contributed by atoms with Gasteiger partial charge in [0.1, 0.15) is 6.04 Å². The highest BCUT2D eigenvalue weighted by Gasteiger charge is 2.27. The molecule has 0 aromatic heterocycles. The van der Waals surface area contributed by atoms with Crippen LogP contribution in [0.4, 0.5) is 0 Å². The van der Waals surface area contributed by atoms with Gasteiger partial charge < -0.3 is 10.2 Å². The van der Waals surface area contributed by atoms with Crippen molar-refractivity contribution in [1.82, 2.24) is 5.32 Å². The Balaban J connectivity index is 2.44. The van der Waals surface area contributed by atoms with Crippen LogP contribution >= 0.6 is 0 Å². The van der Waals surface area contributed by atoms with Gasteiger partial charge in [-0.3, -0.25) is 4.79 Å². The summed E-state index contributed by atoms with van der Waals surface area (Å²) < 4.78 is 0. The van der Waals surface area contributed by atoms with Crippen LogP contribution in [-0.2, 0) is 14.4 Å². The SMILES string of the molecule is NOC(=O)[C@@H]1CCC(=O)N1. The fourth-order valence-corrected chi connectivity index (χ4v) is 0.873. The first-order valence-electron chi connectivity index (χ1n) is 2.94. The zero-order chi connectivity index (χ0) is 7.56. The lowest BCUT2D eigenvalue weighted by Crippen LogP contribution is -2.35. The number of nitrogens with two attached hydrogens (primary N) is 1. The molecule has 3 N–H and O–H groups in total. The molecule has 5 heteroatoms. The van der Waals surface area contributed by atoms with Gasteiger partial charge in [-0.2, -0.15) is 5.90 Å². The average Bonchev–Trinajstić information content (AvgIpc) is 2.34. The molecule has 0 aromatic rings. The third kappa shape index (κ3) is 1.24. The number of carbonyl (C=O) groups excluding carboxylic acids is 2. The zero-order valence-electron chi connectivity index (χ0n) is 5.29. The first-order valence-corrected chi connectivity index (χ1v) is 2.94. The normalized spacial score (nSPS) is 24.1. The van der Waals surface area contributed by atoms with E-state index in [0.717, 1.165) is 0 Å². The van der Waals surface area contributed by atoms with Crippen molar-refractivity contribution in [3.05, 3.63) is 0 Å². The molecule has 5 nitrogen and oxygen atoms in total. The minimum atomic E-state index is -0.578. The van der Waals surface area contributed by atoms with E-state index < -0.39 is 12.0 Å². The van der Waals surface area contributed by atoms with Gasteiger partial charge in [-0.05, 0) is 6.42 Å². The van der Waals surface area contributed by atoms with E-state index in [0.29, 0.717) is 12.8 Å². The third-order valence-electron chi connectivity index (χ3n) is 1.40. The van der Waals surface area contributed by atoms with Gasteiger partial charge in [0.15, 0.2) is 0 Å². The van der Waals surface area contributed by atoms with Crippen molar-refractivity contribution in [2.45, 2.75) is 18.9 Å². The average molecular weight is 144 g/mol. The number of amides is 1. The maximum absolute atomic E-state index is 10.6. The molecular weight excluding hydrogens is 136 g/mol. The van der Waals surface area contributed by atoms with Crippen LogP contribution in [-0.4, -0.2) is 17.9 Å². The van der Waals surface area contributed by atoms with Gasteiger partial charge in [-0.25, -0.2) is 4.79 Å². The smallest absolute Gasteiger partial charge is 0.347 e. The van der Waals surface area contributed by atoms with Gasteiger partial charge >= 0.3 is 5.97 Å². The second-order valence-electron chi connectivity index (χ2n) is 2.10. The van der Waals surface area contributed by atoms with Crippen LogP contribution in [0, 0.1) is 0 Å². The highest BCUT2D eigenvalue weighted by Crippen LogP contribution is 2.06. The van der Waals surface area contributed by atoms with Crippen molar-refractivity contribution < 1.29 is 14.4 Å². The second kappa shape index (κ2) is 2.66. The van der Waals surface area contributed by atoms with Gasteiger partial charge in [-0.15, -0.1) is 0 Å². The van der Waals surface area contributed by atoms with Gasteiger partial charge in [0, 0.05) is 6.42 Å². The van der Waals surface area contributed by atoms with Gasteiger partial charge in [0.25, 0.3) is 0 Å². The van der Waals surface area contributed by atoms with E-state index in [1.165, 1.54) is 0 Å². The van der Waals surface area contributed by atoms with Crippen molar-refractivity contribution in [1.29, 1.82) is 0 Å². The molecule has 0 spiro atoms. The van der Waals surface area contributed by atoms with Crippen LogP contribution in [0.5, 0.6) is 0 Å². The first-order chi connectivity index (χ1) is 4.74.